The van der Waals surface area contributed by atoms with Gasteiger partial charge < -0.3 is 10.2 Å². The van der Waals surface area contributed by atoms with Crippen LogP contribution < -0.4 is 0 Å². The van der Waals surface area contributed by atoms with Crippen molar-refractivity contribution in [3.63, 3.8) is 0 Å². The van der Waals surface area contributed by atoms with Gasteiger partial charge in [-0.05, 0) is 66.6 Å². The molecule has 3 nitrogen and oxygen atoms in total. The Balaban J connectivity index is 0.000000511. The van der Waals surface area contributed by atoms with Crippen LogP contribution in [-0.4, -0.2) is 22.3 Å². The van der Waals surface area contributed by atoms with Crippen LogP contribution in [0.5, 0.6) is 0 Å². The fourth-order valence-electron chi connectivity index (χ4n) is 6.71. The Hall–Kier alpha value is -0.830. The minimum atomic E-state index is -0.659. The number of allylic oxidation sites excluding steroid dienone is 1. The van der Waals surface area contributed by atoms with E-state index < -0.39 is 5.97 Å². The van der Waals surface area contributed by atoms with Gasteiger partial charge in [-0.15, -0.1) is 6.58 Å². The summed E-state index contributed by atoms with van der Waals surface area (Å²) in [4.78, 5) is 11.8. The van der Waals surface area contributed by atoms with Crippen molar-refractivity contribution in [2.75, 3.05) is 0 Å². The Bertz CT molecular complexity index is 498. The van der Waals surface area contributed by atoms with E-state index in [2.05, 4.69) is 41.2 Å². The van der Waals surface area contributed by atoms with Gasteiger partial charge in [-0.2, -0.15) is 0 Å². The molecule has 3 rings (SSSR count). The maximum atomic E-state index is 11.8. The van der Waals surface area contributed by atoms with Gasteiger partial charge >= 0.3 is 5.97 Å². The zero-order valence-corrected chi connectivity index (χ0v) is 16.8. The number of carboxylic acids is 1. The molecule has 3 fully saturated rings. The van der Waals surface area contributed by atoms with Crippen molar-refractivity contribution in [2.24, 2.45) is 40.4 Å². The molecule has 0 bridgehead atoms. The first-order chi connectivity index (χ1) is 11.6. The summed E-state index contributed by atoms with van der Waals surface area (Å²) in [5.74, 6) is 0.616. The summed E-state index contributed by atoms with van der Waals surface area (Å²) in [6.45, 7) is 14.4. The number of hydrogen-bond donors (Lipinski definition) is 2. The number of carboxylic acid groups (broad SMARTS) is 1. The summed E-state index contributed by atoms with van der Waals surface area (Å²) in [5.41, 5.74) is -0.0343. The van der Waals surface area contributed by atoms with Crippen LogP contribution in [0, 0.1) is 40.4 Å². The molecular weight excluding hydrogens is 312 g/mol. The Morgan fingerprint density at radius 3 is 2.44 bits per heavy atom. The SMILES string of the molecule is C=CCC.C[C@@H]1CC2C3CCCC(C)(C)C3C(O)CC2(C)C1C(=O)O. The summed E-state index contributed by atoms with van der Waals surface area (Å²) in [5, 5.41) is 20.5. The predicted molar refractivity (Wildman–Crippen MR) is 102 cm³/mol. The van der Waals surface area contributed by atoms with Gasteiger partial charge in [0.15, 0.2) is 0 Å². The first-order valence-corrected chi connectivity index (χ1v) is 10.1. The van der Waals surface area contributed by atoms with Crippen molar-refractivity contribution >= 4 is 5.97 Å². The van der Waals surface area contributed by atoms with E-state index in [1.165, 1.54) is 19.3 Å². The second-order valence-corrected chi connectivity index (χ2v) is 9.68. The zero-order valence-electron chi connectivity index (χ0n) is 16.8. The van der Waals surface area contributed by atoms with E-state index in [-0.39, 0.29) is 28.8 Å². The van der Waals surface area contributed by atoms with E-state index in [9.17, 15) is 15.0 Å². The third-order valence-electron chi connectivity index (χ3n) is 7.61. The molecule has 0 aromatic rings. The highest BCUT2D eigenvalue weighted by molar-refractivity contribution is 5.72. The first kappa shape index (κ1) is 20.5. The molecule has 0 amide bonds. The number of hydrogen-bond acceptors (Lipinski definition) is 2. The summed E-state index contributed by atoms with van der Waals surface area (Å²) in [7, 11) is 0. The lowest BCUT2D eigenvalue weighted by Gasteiger charge is -2.57. The van der Waals surface area contributed by atoms with Crippen molar-refractivity contribution in [3.8, 4) is 0 Å². The van der Waals surface area contributed by atoms with Crippen molar-refractivity contribution < 1.29 is 15.0 Å². The monoisotopic (exact) mass is 350 g/mol. The number of aliphatic hydroxyl groups excluding tert-OH is 1. The fraction of sp³-hybridized carbons (Fsp3) is 0.864. The maximum absolute atomic E-state index is 11.8. The highest BCUT2D eigenvalue weighted by Gasteiger charge is 2.63. The van der Waals surface area contributed by atoms with E-state index >= 15 is 0 Å². The smallest absolute Gasteiger partial charge is 0.307 e. The second-order valence-electron chi connectivity index (χ2n) is 9.68. The van der Waals surface area contributed by atoms with Gasteiger partial charge in [0.1, 0.15) is 0 Å². The molecule has 6 unspecified atom stereocenters. The van der Waals surface area contributed by atoms with Crippen LogP contribution in [0.2, 0.25) is 0 Å². The van der Waals surface area contributed by atoms with Gasteiger partial charge in [-0.1, -0.05) is 47.1 Å². The minimum absolute atomic E-state index is 0.189. The molecule has 3 aliphatic rings. The number of rotatable bonds is 2. The number of carbonyl (C=O) groups is 1. The summed E-state index contributed by atoms with van der Waals surface area (Å²) >= 11 is 0. The van der Waals surface area contributed by atoms with E-state index in [1.807, 2.05) is 6.08 Å². The lowest BCUT2D eigenvalue weighted by Crippen LogP contribution is -2.55. The molecule has 3 aliphatic carbocycles. The van der Waals surface area contributed by atoms with E-state index in [0.29, 0.717) is 24.2 Å². The molecule has 7 atom stereocenters. The van der Waals surface area contributed by atoms with Crippen LogP contribution in [0.15, 0.2) is 12.7 Å². The van der Waals surface area contributed by atoms with Crippen LogP contribution in [0.1, 0.15) is 73.1 Å². The van der Waals surface area contributed by atoms with Crippen LogP contribution >= 0.6 is 0 Å². The Morgan fingerprint density at radius 1 is 1.32 bits per heavy atom. The van der Waals surface area contributed by atoms with E-state index in [4.69, 9.17) is 0 Å². The normalized spacial score (nSPS) is 44.7. The molecule has 0 saturated heterocycles. The van der Waals surface area contributed by atoms with Crippen molar-refractivity contribution in [3.05, 3.63) is 12.7 Å². The highest BCUT2D eigenvalue weighted by atomic mass is 16.4. The summed E-state index contributed by atoms with van der Waals surface area (Å²) < 4.78 is 0. The second kappa shape index (κ2) is 7.42. The molecule has 25 heavy (non-hydrogen) atoms. The average molecular weight is 351 g/mol. The van der Waals surface area contributed by atoms with Crippen molar-refractivity contribution in [2.45, 2.75) is 79.2 Å². The number of aliphatic carboxylic acids is 1. The van der Waals surface area contributed by atoms with Gasteiger partial charge in [0.2, 0.25) is 0 Å². The van der Waals surface area contributed by atoms with Crippen LogP contribution in [0.4, 0.5) is 0 Å². The van der Waals surface area contributed by atoms with Gasteiger partial charge in [0.05, 0.1) is 12.0 Å². The molecule has 2 N–H and O–H groups in total. The molecule has 0 aromatic carbocycles. The Kier molecular flexibility index (Phi) is 6.08. The molecule has 0 aromatic heterocycles. The van der Waals surface area contributed by atoms with Crippen molar-refractivity contribution in [1.82, 2.24) is 0 Å². The Morgan fingerprint density at radius 2 is 1.92 bits per heavy atom. The quantitative estimate of drug-likeness (QED) is 0.678. The number of aliphatic hydroxyl groups is 1. The third-order valence-corrected chi connectivity index (χ3v) is 7.61. The molecule has 0 radical (unpaired) electrons. The van der Waals surface area contributed by atoms with Gasteiger partial charge in [0, 0.05) is 0 Å². The lowest BCUT2D eigenvalue weighted by atomic mass is 9.49. The standard InChI is InChI=1S/C18H30O3.C4H8/c1-10-8-12-11-6-5-7-17(2,3)15(11)13(19)9-18(12,4)14(10)16(20)21;1-3-4-2/h10-15,19H,5-9H2,1-4H3,(H,20,21);3H,1,4H2,2H3/t10-,11?,12?,13?,14?,15?,18?;/m1./s1. The van der Waals surface area contributed by atoms with Crippen LogP contribution in [0.3, 0.4) is 0 Å². The molecule has 0 aliphatic heterocycles. The molecule has 3 heteroatoms. The third kappa shape index (κ3) is 3.54. The maximum Gasteiger partial charge on any atom is 0.307 e. The predicted octanol–water partition coefficient (Wildman–Crippen LogP) is 5.14. The van der Waals surface area contributed by atoms with Crippen LogP contribution in [-0.2, 0) is 4.79 Å². The van der Waals surface area contributed by atoms with Crippen LogP contribution in [0.25, 0.3) is 0 Å². The average Bonchev–Trinajstić information content (AvgIpc) is 2.76. The zero-order chi connectivity index (χ0) is 19.0. The van der Waals surface area contributed by atoms with Gasteiger partial charge in [0.25, 0.3) is 0 Å². The lowest BCUT2D eigenvalue weighted by molar-refractivity contribution is -0.160. The molecule has 0 heterocycles. The molecule has 0 spiro atoms. The molecule has 3 saturated carbocycles. The summed E-state index contributed by atoms with van der Waals surface area (Å²) in [6, 6.07) is 0. The Labute approximate surface area is 153 Å². The summed E-state index contributed by atoms with van der Waals surface area (Å²) in [6.07, 6.45) is 7.90. The van der Waals surface area contributed by atoms with Gasteiger partial charge in [-0.3, -0.25) is 4.79 Å². The highest BCUT2D eigenvalue weighted by Crippen LogP contribution is 2.65. The van der Waals surface area contributed by atoms with E-state index in [0.717, 1.165) is 12.8 Å². The largest absolute Gasteiger partial charge is 0.481 e. The molecular formula is C22H38O3. The minimum Gasteiger partial charge on any atom is -0.481 e. The fourth-order valence-corrected chi connectivity index (χ4v) is 6.71. The number of fused-ring (bicyclic) bond motifs is 3. The van der Waals surface area contributed by atoms with Crippen molar-refractivity contribution in [1.29, 1.82) is 0 Å². The molecule has 144 valence electrons. The first-order valence-electron chi connectivity index (χ1n) is 10.1. The van der Waals surface area contributed by atoms with E-state index in [1.54, 1.807) is 0 Å². The topological polar surface area (TPSA) is 57.5 Å². The van der Waals surface area contributed by atoms with Gasteiger partial charge in [-0.25, -0.2) is 0 Å².